The highest BCUT2D eigenvalue weighted by molar-refractivity contribution is 6.88. The van der Waals surface area contributed by atoms with E-state index in [1.807, 2.05) is 12.1 Å². The highest BCUT2D eigenvalue weighted by Crippen LogP contribution is 2.19. The van der Waals surface area contributed by atoms with Crippen molar-refractivity contribution in [1.82, 2.24) is 0 Å². The first-order valence-corrected chi connectivity index (χ1v) is 9.37. The fourth-order valence-electron chi connectivity index (χ4n) is 1.46. The van der Waals surface area contributed by atoms with Crippen LogP contribution < -0.4 is 9.92 Å². The molecule has 98 valence electrons. The molecule has 0 aromatic heterocycles. The molecule has 1 aromatic rings. The third-order valence-electron chi connectivity index (χ3n) is 2.65. The molecule has 0 aliphatic carbocycles. The summed E-state index contributed by atoms with van der Waals surface area (Å²) in [5, 5.41) is 10.6. The van der Waals surface area contributed by atoms with Crippen LogP contribution in [0.4, 0.5) is 0 Å². The lowest BCUT2D eigenvalue weighted by molar-refractivity contribution is -0.130. The van der Waals surface area contributed by atoms with Gasteiger partial charge in [0, 0.05) is 11.1 Å². The molecule has 1 N–H and O–H groups in total. The Morgan fingerprint density at radius 1 is 1.39 bits per heavy atom. The number of hydrogen-bond donors (Lipinski definition) is 1. The zero-order chi connectivity index (χ0) is 13.9. The first-order valence-electron chi connectivity index (χ1n) is 5.87. The molecule has 0 spiro atoms. The molecule has 1 rings (SSSR count). The Kier molecular flexibility index (Phi) is 4.48. The van der Waals surface area contributed by atoms with Crippen molar-refractivity contribution in [2.24, 2.45) is 0 Å². The highest BCUT2D eigenvalue weighted by Gasteiger charge is 2.18. The summed E-state index contributed by atoms with van der Waals surface area (Å²) < 4.78 is 5.18. The van der Waals surface area contributed by atoms with Gasteiger partial charge in [-0.2, -0.15) is 0 Å². The second kappa shape index (κ2) is 5.50. The van der Waals surface area contributed by atoms with E-state index in [0.717, 1.165) is 0 Å². The molecule has 0 bridgehead atoms. The summed E-state index contributed by atoms with van der Waals surface area (Å²) >= 11 is 0. The Labute approximate surface area is 109 Å². The average Bonchev–Trinajstić information content (AvgIpc) is 2.27. The Hall–Kier alpha value is -1.39. The monoisotopic (exact) mass is 264 g/mol. The van der Waals surface area contributed by atoms with E-state index in [4.69, 9.17) is 4.74 Å². The van der Waals surface area contributed by atoms with Gasteiger partial charge in [0.25, 0.3) is 0 Å². The molecule has 0 aliphatic heterocycles. The average molecular weight is 264 g/mol. The van der Waals surface area contributed by atoms with Crippen molar-refractivity contribution in [3.05, 3.63) is 35.9 Å². The quantitative estimate of drug-likeness (QED) is 0.392. The fourth-order valence-corrected chi connectivity index (χ4v) is 2.65. The van der Waals surface area contributed by atoms with Gasteiger partial charge in [-0.3, -0.25) is 0 Å². The number of carbonyl (C=O) groups excluding carboxylic acids is 1. The van der Waals surface area contributed by atoms with E-state index >= 15 is 0 Å². The van der Waals surface area contributed by atoms with Crippen LogP contribution in [-0.4, -0.2) is 19.1 Å². The Balaban J connectivity index is 3.08. The van der Waals surface area contributed by atoms with Gasteiger partial charge in [-0.25, -0.2) is 4.79 Å². The summed E-state index contributed by atoms with van der Waals surface area (Å²) in [4.78, 5) is 11.5. The van der Waals surface area contributed by atoms with Crippen molar-refractivity contribution in [1.29, 1.82) is 0 Å². The Morgan fingerprint density at radius 3 is 2.44 bits per heavy atom. The summed E-state index contributed by atoms with van der Waals surface area (Å²) in [6, 6.07) is 5.64. The van der Waals surface area contributed by atoms with E-state index in [9.17, 15) is 9.90 Å². The van der Waals surface area contributed by atoms with Crippen molar-refractivity contribution in [2.45, 2.75) is 33.2 Å². The molecule has 3 nitrogen and oxygen atoms in total. The number of benzene rings is 1. The van der Waals surface area contributed by atoms with Crippen LogP contribution in [0.15, 0.2) is 30.4 Å². The second-order valence-corrected chi connectivity index (χ2v) is 10.5. The lowest BCUT2D eigenvalue weighted by atomic mass is 10.2. The number of aliphatic hydroxyl groups is 1. The molecule has 0 atom stereocenters. The molecule has 0 fully saturated rings. The van der Waals surface area contributed by atoms with Crippen LogP contribution in [0.2, 0.25) is 19.6 Å². The fraction of sp³-hybridized carbons (Fsp3) is 0.357. The number of esters is 1. The third kappa shape index (κ3) is 3.55. The molecule has 1 aromatic carbocycles. The maximum Gasteiger partial charge on any atom is 0.338 e. The van der Waals surface area contributed by atoms with Gasteiger partial charge >= 0.3 is 5.97 Å². The minimum Gasteiger partial charge on any atom is -0.423 e. The van der Waals surface area contributed by atoms with E-state index in [1.165, 1.54) is 5.19 Å². The SMILES string of the molecule is C=C(C)C(=O)Oc1ccc([Si](C)(C)C)cc1CO. The molecule has 0 amide bonds. The van der Waals surface area contributed by atoms with Crippen LogP contribution in [0.25, 0.3) is 0 Å². The van der Waals surface area contributed by atoms with E-state index in [-0.39, 0.29) is 6.61 Å². The van der Waals surface area contributed by atoms with Crippen molar-refractivity contribution in [3.63, 3.8) is 0 Å². The molecular weight excluding hydrogens is 244 g/mol. The van der Waals surface area contributed by atoms with Gasteiger partial charge in [0.15, 0.2) is 0 Å². The number of ether oxygens (including phenoxy) is 1. The van der Waals surface area contributed by atoms with Gasteiger partial charge in [0.05, 0.1) is 14.7 Å². The highest BCUT2D eigenvalue weighted by atomic mass is 28.3. The predicted octanol–water partition coefficient (Wildman–Crippen LogP) is 2.21. The van der Waals surface area contributed by atoms with Crippen LogP contribution in [0.5, 0.6) is 5.75 Å². The van der Waals surface area contributed by atoms with Crippen molar-refractivity contribution < 1.29 is 14.6 Å². The van der Waals surface area contributed by atoms with Crippen molar-refractivity contribution in [2.75, 3.05) is 0 Å². The zero-order valence-electron chi connectivity index (χ0n) is 11.4. The van der Waals surface area contributed by atoms with E-state index in [2.05, 4.69) is 26.2 Å². The molecule has 0 heterocycles. The van der Waals surface area contributed by atoms with Gasteiger partial charge < -0.3 is 9.84 Å². The zero-order valence-corrected chi connectivity index (χ0v) is 12.4. The summed E-state index contributed by atoms with van der Waals surface area (Å²) in [7, 11) is -1.43. The Morgan fingerprint density at radius 2 is 2.00 bits per heavy atom. The van der Waals surface area contributed by atoms with Gasteiger partial charge in [0.1, 0.15) is 5.75 Å². The minimum absolute atomic E-state index is 0.142. The maximum atomic E-state index is 11.5. The first kappa shape index (κ1) is 14.7. The van der Waals surface area contributed by atoms with Gasteiger partial charge in [-0.15, -0.1) is 0 Å². The number of aliphatic hydroxyl groups excluding tert-OH is 1. The molecule has 18 heavy (non-hydrogen) atoms. The molecule has 4 heteroatoms. The second-order valence-electron chi connectivity index (χ2n) is 5.40. The summed E-state index contributed by atoms with van der Waals surface area (Å²) in [5.41, 5.74) is 0.984. The first-order chi connectivity index (χ1) is 8.25. The summed E-state index contributed by atoms with van der Waals surface area (Å²) in [6.45, 7) is 11.7. The molecule has 0 unspecified atom stereocenters. The lowest BCUT2D eigenvalue weighted by Gasteiger charge is -2.18. The molecular formula is C14H20O3Si. The van der Waals surface area contributed by atoms with Crippen molar-refractivity contribution in [3.8, 4) is 5.75 Å². The molecule has 0 aliphatic rings. The van der Waals surface area contributed by atoms with E-state index in [1.54, 1.807) is 13.0 Å². The number of hydrogen-bond acceptors (Lipinski definition) is 3. The lowest BCUT2D eigenvalue weighted by Crippen LogP contribution is -2.37. The molecule has 0 saturated heterocycles. The van der Waals surface area contributed by atoms with E-state index in [0.29, 0.717) is 16.9 Å². The Bertz CT molecular complexity index is 472. The van der Waals surface area contributed by atoms with Crippen LogP contribution in [0.1, 0.15) is 12.5 Å². The van der Waals surface area contributed by atoms with Gasteiger partial charge in [-0.05, 0) is 13.0 Å². The van der Waals surface area contributed by atoms with Crippen LogP contribution >= 0.6 is 0 Å². The summed E-state index contributed by atoms with van der Waals surface area (Å²) in [5.74, 6) is -0.0575. The van der Waals surface area contributed by atoms with Gasteiger partial charge in [0.2, 0.25) is 0 Å². The topological polar surface area (TPSA) is 46.5 Å². The number of carbonyl (C=O) groups is 1. The van der Waals surface area contributed by atoms with Crippen LogP contribution in [-0.2, 0) is 11.4 Å². The largest absolute Gasteiger partial charge is 0.423 e. The van der Waals surface area contributed by atoms with Crippen molar-refractivity contribution >= 4 is 19.2 Å². The molecule has 0 radical (unpaired) electrons. The maximum absolute atomic E-state index is 11.5. The number of rotatable bonds is 4. The molecule has 0 saturated carbocycles. The van der Waals surface area contributed by atoms with E-state index < -0.39 is 14.0 Å². The smallest absolute Gasteiger partial charge is 0.338 e. The third-order valence-corrected chi connectivity index (χ3v) is 4.69. The normalized spacial score (nSPS) is 11.2. The van der Waals surface area contributed by atoms with Crippen LogP contribution in [0, 0.1) is 0 Å². The standard InChI is InChI=1S/C14H20O3Si/c1-10(2)14(16)17-13-7-6-12(18(3,4)5)8-11(13)9-15/h6-8,15H,1,9H2,2-5H3. The summed E-state index contributed by atoms with van der Waals surface area (Å²) in [6.07, 6.45) is 0. The minimum atomic E-state index is -1.43. The van der Waals surface area contributed by atoms with Crippen LogP contribution in [0.3, 0.4) is 0 Å². The van der Waals surface area contributed by atoms with Gasteiger partial charge in [-0.1, -0.05) is 43.5 Å². The predicted molar refractivity (Wildman–Crippen MR) is 75.8 cm³/mol.